The maximum absolute atomic E-state index is 12.3. The highest BCUT2D eigenvalue weighted by Gasteiger charge is 2.28. The van der Waals surface area contributed by atoms with Gasteiger partial charge in [-0.3, -0.25) is 9.59 Å². The Bertz CT molecular complexity index is 592. The maximum Gasteiger partial charge on any atom is 0.260 e. The lowest BCUT2D eigenvalue weighted by Gasteiger charge is -2.32. The fraction of sp³-hybridized carbons (Fsp3) is 0.556. The monoisotopic (exact) mass is 352 g/mol. The lowest BCUT2D eigenvalue weighted by Crippen LogP contribution is -2.46. The summed E-state index contributed by atoms with van der Waals surface area (Å²) < 4.78 is 5.57. The minimum absolute atomic E-state index is 0.0234. The van der Waals surface area contributed by atoms with Gasteiger partial charge in [0.25, 0.3) is 5.91 Å². The largest absolute Gasteiger partial charge is 0.484 e. The standard InChI is InChI=1S/C18H25ClN2O3/c1-3-8-20-18(23)14-5-4-9-21(11-14)17(22)12-24-15-6-7-16(19)13(2)10-15/h6-7,10,14H,3-5,8-9,11-12H2,1-2H3,(H,20,23). The summed E-state index contributed by atoms with van der Waals surface area (Å²) in [6.07, 6.45) is 2.59. The highest BCUT2D eigenvalue weighted by molar-refractivity contribution is 6.31. The zero-order valence-corrected chi connectivity index (χ0v) is 15.1. The Labute approximate surface area is 148 Å². The molecule has 24 heavy (non-hydrogen) atoms. The van der Waals surface area contributed by atoms with Crippen LogP contribution in [0.2, 0.25) is 5.02 Å². The molecule has 2 amide bonds. The molecule has 0 radical (unpaired) electrons. The molecule has 1 aromatic rings. The predicted molar refractivity (Wildman–Crippen MR) is 94.3 cm³/mol. The van der Waals surface area contributed by atoms with E-state index in [0.717, 1.165) is 24.8 Å². The zero-order valence-electron chi connectivity index (χ0n) is 14.3. The molecule has 1 fully saturated rings. The average Bonchev–Trinajstić information content (AvgIpc) is 2.60. The van der Waals surface area contributed by atoms with Crippen LogP contribution in [0.5, 0.6) is 5.75 Å². The van der Waals surface area contributed by atoms with Gasteiger partial charge in [-0.2, -0.15) is 0 Å². The third-order valence-corrected chi connectivity index (χ3v) is 4.61. The number of aryl methyl sites for hydroxylation is 1. The SMILES string of the molecule is CCCNC(=O)C1CCCN(C(=O)COc2ccc(Cl)c(C)c2)C1. The first-order valence-corrected chi connectivity index (χ1v) is 8.83. The van der Waals surface area contributed by atoms with Crippen molar-refractivity contribution in [3.63, 3.8) is 0 Å². The van der Waals surface area contributed by atoms with E-state index < -0.39 is 0 Å². The highest BCUT2D eigenvalue weighted by atomic mass is 35.5. The molecule has 0 aliphatic carbocycles. The molecule has 0 spiro atoms. The van der Waals surface area contributed by atoms with Crippen molar-refractivity contribution in [3.05, 3.63) is 28.8 Å². The molecular formula is C18H25ClN2O3. The summed E-state index contributed by atoms with van der Waals surface area (Å²) in [5.41, 5.74) is 0.909. The Balaban J connectivity index is 1.85. The first-order chi connectivity index (χ1) is 11.5. The van der Waals surface area contributed by atoms with Crippen LogP contribution in [0.3, 0.4) is 0 Å². The molecule has 0 bridgehead atoms. The first-order valence-electron chi connectivity index (χ1n) is 8.45. The predicted octanol–water partition coefficient (Wildman–Crippen LogP) is 2.79. The van der Waals surface area contributed by atoms with Crippen molar-refractivity contribution < 1.29 is 14.3 Å². The first kappa shape index (κ1) is 18.6. The number of ether oxygens (including phenoxy) is 1. The number of nitrogens with zero attached hydrogens (tertiary/aromatic N) is 1. The van der Waals surface area contributed by atoms with Crippen molar-refractivity contribution in [3.8, 4) is 5.75 Å². The summed E-state index contributed by atoms with van der Waals surface area (Å²) in [5.74, 6) is 0.464. The van der Waals surface area contributed by atoms with E-state index in [4.69, 9.17) is 16.3 Å². The molecule has 1 aliphatic rings. The summed E-state index contributed by atoms with van der Waals surface area (Å²) in [4.78, 5) is 26.2. The van der Waals surface area contributed by atoms with E-state index in [-0.39, 0.29) is 24.3 Å². The second-order valence-electron chi connectivity index (χ2n) is 6.17. The number of hydrogen-bond acceptors (Lipinski definition) is 3. The fourth-order valence-electron chi connectivity index (χ4n) is 2.75. The second-order valence-corrected chi connectivity index (χ2v) is 6.58. The topological polar surface area (TPSA) is 58.6 Å². The molecule has 1 N–H and O–H groups in total. The van der Waals surface area contributed by atoms with Crippen LogP contribution >= 0.6 is 11.6 Å². The Kier molecular flexibility index (Phi) is 6.91. The van der Waals surface area contributed by atoms with Gasteiger partial charge in [0.1, 0.15) is 5.75 Å². The van der Waals surface area contributed by atoms with Gasteiger partial charge in [0.15, 0.2) is 6.61 Å². The number of carbonyl (C=O) groups is 2. The van der Waals surface area contributed by atoms with E-state index in [9.17, 15) is 9.59 Å². The van der Waals surface area contributed by atoms with Crippen molar-refractivity contribution in [2.45, 2.75) is 33.1 Å². The van der Waals surface area contributed by atoms with Crippen LogP contribution in [0.25, 0.3) is 0 Å². The molecular weight excluding hydrogens is 328 g/mol. The van der Waals surface area contributed by atoms with Crippen LogP contribution in [0.1, 0.15) is 31.7 Å². The number of likely N-dealkylation sites (tertiary alicyclic amines) is 1. The van der Waals surface area contributed by atoms with E-state index in [1.165, 1.54) is 0 Å². The number of amides is 2. The van der Waals surface area contributed by atoms with Crippen LogP contribution in [0.15, 0.2) is 18.2 Å². The number of hydrogen-bond donors (Lipinski definition) is 1. The third-order valence-electron chi connectivity index (χ3n) is 4.19. The summed E-state index contributed by atoms with van der Waals surface area (Å²) >= 11 is 5.98. The molecule has 1 heterocycles. The average molecular weight is 353 g/mol. The van der Waals surface area contributed by atoms with Crippen LogP contribution in [-0.4, -0.2) is 43.0 Å². The van der Waals surface area contributed by atoms with Crippen molar-refractivity contribution in [2.75, 3.05) is 26.2 Å². The van der Waals surface area contributed by atoms with Crippen LogP contribution in [-0.2, 0) is 9.59 Å². The van der Waals surface area contributed by atoms with E-state index in [0.29, 0.717) is 30.4 Å². The van der Waals surface area contributed by atoms with Crippen molar-refractivity contribution >= 4 is 23.4 Å². The lowest BCUT2D eigenvalue weighted by molar-refractivity contribution is -0.137. The molecule has 0 saturated carbocycles. The number of halogens is 1. The van der Waals surface area contributed by atoms with E-state index >= 15 is 0 Å². The van der Waals surface area contributed by atoms with Crippen LogP contribution in [0, 0.1) is 12.8 Å². The lowest BCUT2D eigenvalue weighted by atomic mass is 9.97. The summed E-state index contributed by atoms with van der Waals surface area (Å²) in [7, 11) is 0. The normalized spacial score (nSPS) is 17.5. The minimum Gasteiger partial charge on any atom is -0.484 e. The molecule has 1 unspecified atom stereocenters. The van der Waals surface area contributed by atoms with E-state index in [2.05, 4.69) is 5.32 Å². The van der Waals surface area contributed by atoms with Gasteiger partial charge in [-0.15, -0.1) is 0 Å². The molecule has 1 saturated heterocycles. The fourth-order valence-corrected chi connectivity index (χ4v) is 2.87. The number of rotatable bonds is 6. The van der Waals surface area contributed by atoms with Crippen molar-refractivity contribution in [2.24, 2.45) is 5.92 Å². The van der Waals surface area contributed by atoms with Crippen LogP contribution < -0.4 is 10.1 Å². The van der Waals surface area contributed by atoms with Gasteiger partial charge in [0.05, 0.1) is 5.92 Å². The summed E-state index contributed by atoms with van der Waals surface area (Å²) in [6.45, 7) is 5.72. The smallest absolute Gasteiger partial charge is 0.260 e. The summed E-state index contributed by atoms with van der Waals surface area (Å²) in [5, 5.41) is 3.58. The highest BCUT2D eigenvalue weighted by Crippen LogP contribution is 2.21. The van der Waals surface area contributed by atoms with E-state index in [1.807, 2.05) is 19.9 Å². The van der Waals surface area contributed by atoms with Crippen molar-refractivity contribution in [1.29, 1.82) is 0 Å². The number of carbonyl (C=O) groups excluding carboxylic acids is 2. The van der Waals surface area contributed by atoms with E-state index in [1.54, 1.807) is 17.0 Å². The second kappa shape index (κ2) is 8.92. The molecule has 1 aliphatic heterocycles. The molecule has 0 aromatic heterocycles. The van der Waals surface area contributed by atoms with Gasteiger partial charge in [0.2, 0.25) is 5.91 Å². The Morgan fingerprint density at radius 1 is 1.42 bits per heavy atom. The molecule has 132 valence electrons. The van der Waals surface area contributed by atoms with Gasteiger partial charge in [0, 0.05) is 24.7 Å². The number of piperidine rings is 1. The van der Waals surface area contributed by atoms with Crippen molar-refractivity contribution in [1.82, 2.24) is 10.2 Å². The quantitative estimate of drug-likeness (QED) is 0.856. The van der Waals surface area contributed by atoms with Crippen LogP contribution in [0.4, 0.5) is 0 Å². The zero-order chi connectivity index (χ0) is 17.5. The Morgan fingerprint density at radius 2 is 2.21 bits per heavy atom. The van der Waals surface area contributed by atoms with Gasteiger partial charge >= 0.3 is 0 Å². The van der Waals surface area contributed by atoms with Gasteiger partial charge < -0.3 is 15.0 Å². The maximum atomic E-state index is 12.3. The molecule has 6 heteroatoms. The molecule has 5 nitrogen and oxygen atoms in total. The van der Waals surface area contributed by atoms with Gasteiger partial charge in [-0.05, 0) is 49.9 Å². The Morgan fingerprint density at radius 3 is 2.92 bits per heavy atom. The Hall–Kier alpha value is -1.75. The molecule has 1 aromatic carbocycles. The minimum atomic E-state index is -0.118. The number of nitrogens with one attached hydrogen (secondary N) is 1. The molecule has 1 atom stereocenters. The third kappa shape index (κ3) is 5.13. The summed E-state index contributed by atoms with van der Waals surface area (Å²) in [6, 6.07) is 5.32. The van der Waals surface area contributed by atoms with Gasteiger partial charge in [-0.1, -0.05) is 18.5 Å². The van der Waals surface area contributed by atoms with Gasteiger partial charge in [-0.25, -0.2) is 0 Å². The number of benzene rings is 1. The molecule has 2 rings (SSSR count).